The molecule has 0 aromatic rings. The van der Waals surface area contributed by atoms with Crippen molar-refractivity contribution in [2.24, 2.45) is 23.5 Å². The van der Waals surface area contributed by atoms with Crippen LogP contribution in [-0.4, -0.2) is 29.9 Å². The van der Waals surface area contributed by atoms with Crippen molar-refractivity contribution >= 4 is 18.3 Å². The van der Waals surface area contributed by atoms with Crippen LogP contribution in [-0.2, 0) is 4.79 Å². The molecule has 1 aliphatic carbocycles. The van der Waals surface area contributed by atoms with Crippen LogP contribution < -0.4 is 5.73 Å². The third-order valence-electron chi connectivity index (χ3n) is 4.25. The van der Waals surface area contributed by atoms with E-state index >= 15 is 0 Å². The molecule has 17 heavy (non-hydrogen) atoms. The topological polar surface area (TPSA) is 46.3 Å². The molecule has 2 N–H and O–H groups in total. The minimum Gasteiger partial charge on any atom is -0.338 e. The van der Waals surface area contributed by atoms with Crippen molar-refractivity contribution in [2.75, 3.05) is 13.1 Å². The number of hydrogen-bond acceptors (Lipinski definition) is 2. The molecule has 1 aliphatic heterocycles. The number of nitrogens with zero attached hydrogens (tertiary/aromatic N) is 1. The van der Waals surface area contributed by atoms with Gasteiger partial charge in [0.25, 0.3) is 0 Å². The lowest BCUT2D eigenvalue weighted by Gasteiger charge is -2.39. The summed E-state index contributed by atoms with van der Waals surface area (Å²) in [6, 6.07) is 0.289. The van der Waals surface area contributed by atoms with Crippen molar-refractivity contribution in [3.05, 3.63) is 0 Å². The van der Waals surface area contributed by atoms with Crippen molar-refractivity contribution in [2.45, 2.75) is 45.6 Å². The molecule has 2 aliphatic rings. The average Bonchev–Trinajstić information content (AvgIpc) is 3.10. The molecule has 0 bridgehead atoms. The Hall–Kier alpha value is -0.280. The van der Waals surface area contributed by atoms with Crippen LogP contribution in [0.4, 0.5) is 0 Å². The Morgan fingerprint density at radius 3 is 2.59 bits per heavy atom. The molecule has 0 radical (unpaired) electrons. The summed E-state index contributed by atoms with van der Waals surface area (Å²) in [7, 11) is 0. The first-order valence-corrected chi connectivity index (χ1v) is 6.64. The zero-order valence-electron chi connectivity index (χ0n) is 10.9. The van der Waals surface area contributed by atoms with Gasteiger partial charge in [-0.3, -0.25) is 4.79 Å². The quantitative estimate of drug-likeness (QED) is 0.844. The second-order valence-corrected chi connectivity index (χ2v) is 5.68. The van der Waals surface area contributed by atoms with Crippen molar-refractivity contribution < 1.29 is 4.79 Å². The van der Waals surface area contributed by atoms with Gasteiger partial charge in [-0.2, -0.15) is 0 Å². The minimum absolute atomic E-state index is 0. The molecule has 1 heterocycles. The van der Waals surface area contributed by atoms with E-state index in [1.54, 1.807) is 0 Å². The number of nitrogens with two attached hydrogens (primary N) is 1. The molecule has 2 rings (SSSR count). The summed E-state index contributed by atoms with van der Waals surface area (Å²) in [6.07, 6.45) is 4.70. The van der Waals surface area contributed by atoms with Crippen LogP contribution in [0.3, 0.4) is 0 Å². The van der Waals surface area contributed by atoms with Gasteiger partial charge in [0.15, 0.2) is 0 Å². The molecule has 1 amide bonds. The van der Waals surface area contributed by atoms with Gasteiger partial charge in [-0.05, 0) is 37.5 Å². The van der Waals surface area contributed by atoms with E-state index < -0.39 is 0 Å². The molecule has 100 valence electrons. The van der Waals surface area contributed by atoms with Crippen LogP contribution in [0.25, 0.3) is 0 Å². The van der Waals surface area contributed by atoms with Crippen LogP contribution in [0, 0.1) is 17.8 Å². The Morgan fingerprint density at radius 1 is 1.41 bits per heavy atom. The smallest absolute Gasteiger partial charge is 0.225 e. The highest BCUT2D eigenvalue weighted by Gasteiger charge is 2.38. The van der Waals surface area contributed by atoms with Gasteiger partial charge in [-0.15, -0.1) is 12.4 Å². The molecule has 0 aromatic heterocycles. The summed E-state index contributed by atoms with van der Waals surface area (Å²) in [5.41, 5.74) is 5.79. The number of carbonyl (C=O) groups is 1. The number of rotatable bonds is 3. The highest BCUT2D eigenvalue weighted by Crippen LogP contribution is 2.38. The zero-order valence-corrected chi connectivity index (χ0v) is 11.7. The van der Waals surface area contributed by atoms with E-state index in [0.717, 1.165) is 19.4 Å². The van der Waals surface area contributed by atoms with E-state index in [-0.39, 0.29) is 24.4 Å². The molecule has 4 heteroatoms. The SMILES string of the molecule is CC1CCN(C(=O)C(C)C2CC2)C(CN)C1.Cl. The van der Waals surface area contributed by atoms with Gasteiger partial charge in [0, 0.05) is 25.0 Å². The summed E-state index contributed by atoms with van der Waals surface area (Å²) in [6.45, 7) is 5.88. The van der Waals surface area contributed by atoms with E-state index in [4.69, 9.17) is 5.73 Å². The Bertz CT molecular complexity index is 268. The normalized spacial score (nSPS) is 30.6. The third-order valence-corrected chi connectivity index (χ3v) is 4.25. The van der Waals surface area contributed by atoms with E-state index in [2.05, 4.69) is 18.7 Å². The maximum atomic E-state index is 12.3. The summed E-state index contributed by atoms with van der Waals surface area (Å²) in [4.78, 5) is 14.4. The molecule has 2 fully saturated rings. The molecule has 1 saturated heterocycles. The second-order valence-electron chi connectivity index (χ2n) is 5.68. The van der Waals surface area contributed by atoms with Crippen molar-refractivity contribution in [3.8, 4) is 0 Å². The molecule has 0 spiro atoms. The van der Waals surface area contributed by atoms with Crippen molar-refractivity contribution in [1.29, 1.82) is 0 Å². The Balaban J connectivity index is 0.00000144. The predicted octanol–water partition coefficient (Wildman–Crippen LogP) is 2.04. The maximum Gasteiger partial charge on any atom is 0.225 e. The number of piperidine rings is 1. The number of carbonyl (C=O) groups excluding carboxylic acids is 1. The van der Waals surface area contributed by atoms with Crippen LogP contribution >= 0.6 is 12.4 Å². The number of halogens is 1. The largest absolute Gasteiger partial charge is 0.338 e. The van der Waals surface area contributed by atoms with Crippen LogP contribution in [0.2, 0.25) is 0 Å². The lowest BCUT2D eigenvalue weighted by Crippen LogP contribution is -2.51. The van der Waals surface area contributed by atoms with Crippen LogP contribution in [0.5, 0.6) is 0 Å². The average molecular weight is 261 g/mol. The van der Waals surface area contributed by atoms with Crippen molar-refractivity contribution in [1.82, 2.24) is 4.90 Å². The number of hydrogen-bond donors (Lipinski definition) is 1. The second kappa shape index (κ2) is 6.05. The fourth-order valence-electron chi connectivity index (χ4n) is 2.82. The summed E-state index contributed by atoms with van der Waals surface area (Å²) >= 11 is 0. The zero-order chi connectivity index (χ0) is 11.7. The Kier molecular flexibility index (Phi) is 5.26. The number of likely N-dealkylation sites (tertiary alicyclic amines) is 1. The van der Waals surface area contributed by atoms with Gasteiger partial charge in [-0.1, -0.05) is 13.8 Å². The number of amides is 1. The van der Waals surface area contributed by atoms with Gasteiger partial charge in [-0.25, -0.2) is 0 Å². The van der Waals surface area contributed by atoms with E-state index in [1.807, 2.05) is 0 Å². The monoisotopic (exact) mass is 260 g/mol. The van der Waals surface area contributed by atoms with Crippen LogP contribution in [0.1, 0.15) is 39.5 Å². The molecule has 1 saturated carbocycles. The summed E-state index contributed by atoms with van der Waals surface area (Å²) in [5, 5.41) is 0. The van der Waals surface area contributed by atoms with E-state index in [0.29, 0.717) is 24.3 Å². The van der Waals surface area contributed by atoms with Gasteiger partial charge in [0.2, 0.25) is 5.91 Å². The minimum atomic E-state index is 0. The summed E-state index contributed by atoms with van der Waals surface area (Å²) < 4.78 is 0. The first kappa shape index (κ1) is 14.8. The van der Waals surface area contributed by atoms with E-state index in [1.165, 1.54) is 12.8 Å². The standard InChI is InChI=1S/C13H24N2O.ClH/c1-9-5-6-15(12(7-9)8-14)13(16)10(2)11-3-4-11;/h9-12H,3-8,14H2,1-2H3;1H. The van der Waals surface area contributed by atoms with E-state index in [9.17, 15) is 4.79 Å². The molecule has 0 aromatic carbocycles. The predicted molar refractivity (Wildman–Crippen MR) is 72.1 cm³/mol. The van der Waals surface area contributed by atoms with Gasteiger partial charge in [0.1, 0.15) is 0 Å². The maximum absolute atomic E-state index is 12.3. The first-order chi connectivity index (χ1) is 7.63. The first-order valence-electron chi connectivity index (χ1n) is 6.64. The summed E-state index contributed by atoms with van der Waals surface area (Å²) in [5.74, 6) is 1.95. The Labute approximate surface area is 111 Å². The lowest BCUT2D eigenvalue weighted by atomic mass is 9.91. The molecule has 3 atom stereocenters. The fraction of sp³-hybridized carbons (Fsp3) is 0.923. The highest BCUT2D eigenvalue weighted by atomic mass is 35.5. The Morgan fingerprint density at radius 2 is 2.06 bits per heavy atom. The molecular weight excluding hydrogens is 236 g/mol. The van der Waals surface area contributed by atoms with Gasteiger partial charge >= 0.3 is 0 Å². The molecular formula is C13H25ClN2O. The van der Waals surface area contributed by atoms with Crippen molar-refractivity contribution in [3.63, 3.8) is 0 Å². The van der Waals surface area contributed by atoms with Gasteiger partial charge < -0.3 is 10.6 Å². The lowest BCUT2D eigenvalue weighted by molar-refractivity contribution is -0.139. The third kappa shape index (κ3) is 3.35. The van der Waals surface area contributed by atoms with Crippen LogP contribution in [0.15, 0.2) is 0 Å². The van der Waals surface area contributed by atoms with Gasteiger partial charge in [0.05, 0.1) is 0 Å². The highest BCUT2D eigenvalue weighted by molar-refractivity contribution is 5.85. The molecule has 3 nitrogen and oxygen atoms in total. The molecule has 3 unspecified atom stereocenters. The fourth-order valence-corrected chi connectivity index (χ4v) is 2.82.